The lowest BCUT2D eigenvalue weighted by Gasteiger charge is -2.32. The molecule has 8 nitrogen and oxygen atoms in total. The molecule has 2 aromatic rings. The second kappa shape index (κ2) is 14.8. The van der Waals surface area contributed by atoms with Gasteiger partial charge in [-0.2, -0.15) is 0 Å². The average Bonchev–Trinajstić information content (AvgIpc) is 3.41. The first kappa shape index (κ1) is 27.9. The van der Waals surface area contributed by atoms with Crippen molar-refractivity contribution in [1.82, 2.24) is 20.6 Å². The van der Waals surface area contributed by atoms with Crippen molar-refractivity contribution < 1.29 is 19.8 Å². The second-order valence-corrected chi connectivity index (χ2v) is 10.3. The van der Waals surface area contributed by atoms with Crippen LogP contribution in [0.4, 0.5) is 0 Å². The van der Waals surface area contributed by atoms with E-state index < -0.39 is 18.2 Å². The predicted octanol–water partition coefficient (Wildman–Crippen LogP) is 2.90. The molecular weight excluding hydrogens is 456 g/mol. The fourth-order valence-corrected chi connectivity index (χ4v) is 5.02. The third-order valence-electron chi connectivity index (χ3n) is 7.17. The molecule has 1 saturated carbocycles. The summed E-state index contributed by atoms with van der Waals surface area (Å²) in [6.07, 6.45) is 10.5. The van der Waals surface area contributed by atoms with Crippen LogP contribution in [0.2, 0.25) is 0 Å². The molecule has 0 bridgehead atoms. The second-order valence-electron chi connectivity index (χ2n) is 10.3. The van der Waals surface area contributed by atoms with Crippen LogP contribution in [-0.2, 0) is 22.4 Å². The van der Waals surface area contributed by atoms with Gasteiger partial charge in [-0.1, -0.05) is 69.4 Å². The molecule has 1 aliphatic carbocycles. The molecule has 0 radical (unpaired) electrons. The van der Waals surface area contributed by atoms with Gasteiger partial charge in [0.1, 0.15) is 6.04 Å². The molecule has 5 N–H and O–H groups in total. The first-order chi connectivity index (χ1) is 17.4. The highest BCUT2D eigenvalue weighted by Gasteiger charge is 2.30. The summed E-state index contributed by atoms with van der Waals surface area (Å²) < 4.78 is 0. The van der Waals surface area contributed by atoms with E-state index in [1.807, 2.05) is 37.3 Å². The van der Waals surface area contributed by atoms with Crippen molar-refractivity contribution in [2.45, 2.75) is 89.3 Å². The number of carbonyl (C=O) groups is 2. The van der Waals surface area contributed by atoms with Gasteiger partial charge >= 0.3 is 0 Å². The Bertz CT molecular complexity index is 900. The zero-order valence-corrected chi connectivity index (χ0v) is 21.4. The highest BCUT2D eigenvalue weighted by molar-refractivity contribution is 5.88. The molecule has 0 spiro atoms. The van der Waals surface area contributed by atoms with Crippen molar-refractivity contribution >= 4 is 11.8 Å². The van der Waals surface area contributed by atoms with E-state index in [2.05, 4.69) is 20.6 Å². The maximum absolute atomic E-state index is 13.5. The monoisotopic (exact) mass is 498 g/mol. The van der Waals surface area contributed by atoms with E-state index >= 15 is 0 Å². The Morgan fingerprint density at radius 1 is 1.14 bits per heavy atom. The summed E-state index contributed by atoms with van der Waals surface area (Å²) in [5.41, 5.74) is 1.81. The van der Waals surface area contributed by atoms with Gasteiger partial charge in [-0.25, -0.2) is 4.98 Å². The fraction of sp³-hybridized carbons (Fsp3) is 0.607. The smallest absolute Gasteiger partial charge is 0.243 e. The minimum absolute atomic E-state index is 0.0128. The summed E-state index contributed by atoms with van der Waals surface area (Å²) in [6.45, 7) is 1.87. The summed E-state index contributed by atoms with van der Waals surface area (Å²) in [7, 11) is 0. The third kappa shape index (κ3) is 9.39. The normalized spacial score (nSPS) is 17.6. The number of aryl methyl sites for hydroxylation is 1. The predicted molar refractivity (Wildman–Crippen MR) is 139 cm³/mol. The van der Waals surface area contributed by atoms with E-state index in [0.717, 1.165) is 24.1 Å². The van der Waals surface area contributed by atoms with Gasteiger partial charge in [-0.15, -0.1) is 0 Å². The molecule has 1 fully saturated rings. The van der Waals surface area contributed by atoms with E-state index in [0.29, 0.717) is 25.2 Å². The molecule has 1 aromatic heterocycles. The fourth-order valence-electron chi connectivity index (χ4n) is 5.02. The van der Waals surface area contributed by atoms with Crippen molar-refractivity contribution in [3.8, 4) is 0 Å². The van der Waals surface area contributed by atoms with Crippen molar-refractivity contribution in [1.29, 1.82) is 0 Å². The molecule has 0 aliphatic heterocycles. The maximum atomic E-state index is 13.5. The lowest BCUT2D eigenvalue weighted by Crippen LogP contribution is -2.54. The zero-order chi connectivity index (χ0) is 25.8. The number of nitrogens with one attached hydrogen (secondary N) is 3. The largest absolute Gasteiger partial charge is 0.396 e. The van der Waals surface area contributed by atoms with Gasteiger partial charge in [0.2, 0.25) is 11.8 Å². The lowest BCUT2D eigenvalue weighted by atomic mass is 9.82. The van der Waals surface area contributed by atoms with Crippen molar-refractivity contribution in [3.05, 3.63) is 54.1 Å². The first-order valence-corrected chi connectivity index (χ1v) is 13.3. The van der Waals surface area contributed by atoms with Gasteiger partial charge in [0.15, 0.2) is 0 Å². The molecule has 8 heteroatoms. The molecule has 0 saturated heterocycles. The Hall–Kier alpha value is -2.71. The number of aliphatic hydroxyl groups excluding tert-OH is 2. The van der Waals surface area contributed by atoms with Crippen LogP contribution >= 0.6 is 0 Å². The molecule has 198 valence electrons. The van der Waals surface area contributed by atoms with Crippen LogP contribution in [0.25, 0.3) is 0 Å². The number of imidazole rings is 1. The lowest BCUT2D eigenvalue weighted by molar-refractivity contribution is -0.130. The van der Waals surface area contributed by atoms with E-state index in [-0.39, 0.29) is 37.2 Å². The molecule has 36 heavy (non-hydrogen) atoms. The number of hydrogen-bond donors (Lipinski definition) is 5. The number of aromatic nitrogens is 2. The zero-order valence-electron chi connectivity index (χ0n) is 21.4. The summed E-state index contributed by atoms with van der Waals surface area (Å²) >= 11 is 0. The van der Waals surface area contributed by atoms with Gasteiger partial charge in [0, 0.05) is 31.3 Å². The number of rotatable bonds is 14. The molecule has 1 heterocycles. The minimum atomic E-state index is -0.787. The first-order valence-electron chi connectivity index (χ1n) is 13.3. The highest BCUT2D eigenvalue weighted by atomic mass is 16.3. The molecule has 2 amide bonds. The Morgan fingerprint density at radius 3 is 2.56 bits per heavy atom. The molecule has 0 unspecified atom stereocenters. The molecule has 3 rings (SSSR count). The number of hydrogen-bond acceptors (Lipinski definition) is 5. The van der Waals surface area contributed by atoms with Gasteiger partial charge in [-0.3, -0.25) is 9.59 Å². The van der Waals surface area contributed by atoms with E-state index in [1.165, 1.54) is 19.3 Å². The van der Waals surface area contributed by atoms with Crippen molar-refractivity contribution in [3.63, 3.8) is 0 Å². The topological polar surface area (TPSA) is 127 Å². The molecule has 1 aliphatic rings. The summed E-state index contributed by atoms with van der Waals surface area (Å²) in [5.74, 6) is -0.120. The summed E-state index contributed by atoms with van der Waals surface area (Å²) in [4.78, 5) is 33.3. The summed E-state index contributed by atoms with van der Waals surface area (Å²) in [5, 5.41) is 26.4. The number of carbonyl (C=O) groups excluding carboxylic acids is 2. The summed E-state index contributed by atoms with van der Waals surface area (Å²) in [6, 6.07) is 8.56. The van der Waals surface area contributed by atoms with Gasteiger partial charge in [-0.05, 0) is 36.7 Å². The Kier molecular flexibility index (Phi) is 11.4. The van der Waals surface area contributed by atoms with Crippen molar-refractivity contribution in [2.75, 3.05) is 6.61 Å². The van der Waals surface area contributed by atoms with Gasteiger partial charge in [0.25, 0.3) is 0 Å². The highest BCUT2D eigenvalue weighted by Crippen LogP contribution is 2.29. The number of amides is 2. The van der Waals surface area contributed by atoms with Crippen LogP contribution in [0, 0.1) is 11.8 Å². The Morgan fingerprint density at radius 2 is 1.89 bits per heavy atom. The van der Waals surface area contributed by atoms with Crippen molar-refractivity contribution in [2.24, 2.45) is 11.8 Å². The van der Waals surface area contributed by atoms with E-state index in [9.17, 15) is 19.8 Å². The standard InChI is InChI=1S/C28H42N4O4/c1-20(18-33)14-26(34)24(15-22-10-6-3-7-11-22)32-28(36)25(16-23-17-29-19-30-23)31-27(35)13-12-21-8-4-2-5-9-21/h2,4-5,8-9,17,19-20,22,24-26,33-34H,3,6-7,10-16,18H2,1H3,(H,29,30)(H,31,35)(H,32,36)/t20-,24+,25+,26+/m0/s1. The number of aliphatic hydroxyl groups is 2. The average molecular weight is 499 g/mol. The quantitative estimate of drug-likeness (QED) is 0.274. The number of nitrogens with zero attached hydrogens (tertiary/aromatic N) is 1. The van der Waals surface area contributed by atoms with Crippen LogP contribution in [0.3, 0.4) is 0 Å². The molecule has 4 atom stereocenters. The third-order valence-corrected chi connectivity index (χ3v) is 7.17. The van der Waals surface area contributed by atoms with E-state index in [4.69, 9.17) is 0 Å². The SMILES string of the molecule is C[C@H](CO)C[C@@H](O)[C@@H](CC1CCCCC1)NC(=O)[C@@H](Cc1cnc[nH]1)NC(=O)CCc1ccccc1. The van der Waals surface area contributed by atoms with Crippen LogP contribution in [0.15, 0.2) is 42.9 Å². The Labute approximate surface area is 214 Å². The van der Waals surface area contributed by atoms with Crippen LogP contribution in [0.5, 0.6) is 0 Å². The number of benzene rings is 1. The molecular formula is C28H42N4O4. The number of aromatic amines is 1. The Balaban J connectivity index is 1.67. The van der Waals surface area contributed by atoms with Crippen LogP contribution in [-0.4, -0.2) is 56.8 Å². The van der Waals surface area contributed by atoms with Crippen LogP contribution in [0.1, 0.15) is 69.5 Å². The van der Waals surface area contributed by atoms with Gasteiger partial charge < -0.3 is 25.8 Å². The van der Waals surface area contributed by atoms with Gasteiger partial charge in [0.05, 0.1) is 18.5 Å². The number of H-pyrrole nitrogens is 1. The van der Waals surface area contributed by atoms with E-state index in [1.54, 1.807) is 12.5 Å². The maximum Gasteiger partial charge on any atom is 0.243 e. The van der Waals surface area contributed by atoms with Crippen LogP contribution < -0.4 is 10.6 Å². The molecule has 1 aromatic carbocycles. The minimum Gasteiger partial charge on any atom is -0.396 e.